The molecule has 3 nitrogen and oxygen atoms in total. The first-order chi connectivity index (χ1) is 29.7. The van der Waals surface area contributed by atoms with Gasteiger partial charge in [-0.05, 0) is 62.6 Å². The predicted octanol–water partition coefficient (Wildman–Crippen LogP) is 13.9. The SMILES string of the molecule is [2H]c1c(-c2ccc(-c3ccccc3)cc2)c([2H])c2c(sc3c([2H])c(-c4nc(-c5ccc(-c6ccccc6)cc5)nc(-c5ccc(-c6ccccc6)cc5)n4)c([2H])c([2H])c32)c1[2H]. The summed E-state index contributed by atoms with van der Waals surface area (Å²) in [7, 11) is 0. The molecule has 0 fully saturated rings. The molecule has 2 aromatic heterocycles. The molecule has 0 amide bonds. The van der Waals surface area contributed by atoms with Crippen molar-refractivity contribution in [2.75, 3.05) is 0 Å². The summed E-state index contributed by atoms with van der Waals surface area (Å²) in [5, 5.41) is 0.526. The molecular weight excluding hydrogens is 687 g/mol. The number of fused-ring (bicyclic) bond motifs is 3. The highest BCUT2D eigenvalue weighted by Crippen LogP contribution is 2.39. The summed E-state index contributed by atoms with van der Waals surface area (Å²) >= 11 is 1.09. The molecule has 0 spiro atoms. The molecular formula is C51H33N3S. The summed E-state index contributed by atoms with van der Waals surface area (Å²) in [5.74, 6) is 0.758. The van der Waals surface area contributed by atoms with Gasteiger partial charge in [0.05, 0.1) is 8.22 Å². The maximum absolute atomic E-state index is 9.60. The van der Waals surface area contributed by atoms with Crippen molar-refractivity contribution in [1.82, 2.24) is 15.0 Å². The van der Waals surface area contributed by atoms with Crippen LogP contribution in [0.5, 0.6) is 0 Å². The van der Waals surface area contributed by atoms with Gasteiger partial charge in [-0.25, -0.2) is 15.0 Å². The lowest BCUT2D eigenvalue weighted by atomic mass is 9.99. The van der Waals surface area contributed by atoms with Crippen LogP contribution < -0.4 is 0 Å². The van der Waals surface area contributed by atoms with Gasteiger partial charge in [0.15, 0.2) is 17.5 Å². The molecule has 0 N–H and O–H groups in total. The van der Waals surface area contributed by atoms with Gasteiger partial charge in [0.2, 0.25) is 0 Å². The van der Waals surface area contributed by atoms with Gasteiger partial charge < -0.3 is 0 Å². The normalized spacial score (nSPS) is 12.8. The summed E-state index contributed by atoms with van der Waals surface area (Å²) < 4.78 is 56.7. The molecule has 0 radical (unpaired) electrons. The van der Waals surface area contributed by atoms with E-state index in [1.807, 2.05) is 164 Å². The van der Waals surface area contributed by atoms with Crippen LogP contribution in [0.4, 0.5) is 0 Å². The third kappa shape index (κ3) is 6.50. The van der Waals surface area contributed by atoms with E-state index < -0.39 is 0 Å². The monoisotopic (exact) mass is 725 g/mol. The highest BCUT2D eigenvalue weighted by Gasteiger charge is 2.15. The molecule has 0 unspecified atom stereocenters. The molecule has 2 heterocycles. The van der Waals surface area contributed by atoms with Crippen LogP contribution in [-0.2, 0) is 0 Å². The second-order valence-electron chi connectivity index (χ2n) is 13.1. The fourth-order valence-corrected chi connectivity index (χ4v) is 7.71. The Morgan fingerprint density at radius 3 is 1.11 bits per heavy atom. The van der Waals surface area contributed by atoms with Crippen LogP contribution in [0.15, 0.2) is 200 Å². The van der Waals surface area contributed by atoms with Crippen molar-refractivity contribution in [2.24, 2.45) is 0 Å². The summed E-state index contributed by atoms with van der Waals surface area (Å²) in [6, 6.07) is 52.6. The van der Waals surface area contributed by atoms with E-state index in [2.05, 4.69) is 0 Å². The third-order valence-corrected chi connectivity index (χ3v) is 10.7. The second kappa shape index (κ2) is 14.1. The summed E-state index contributed by atoms with van der Waals surface area (Å²) in [5.41, 5.74) is 8.54. The number of hydrogen-bond acceptors (Lipinski definition) is 4. The zero-order valence-electron chi connectivity index (χ0n) is 35.3. The Labute approximate surface area is 332 Å². The Morgan fingerprint density at radius 2 is 0.655 bits per heavy atom. The Kier molecular flexibility index (Phi) is 6.84. The topological polar surface area (TPSA) is 38.7 Å². The minimum atomic E-state index is -0.270. The predicted molar refractivity (Wildman–Crippen MR) is 231 cm³/mol. The van der Waals surface area contributed by atoms with Gasteiger partial charge in [-0.15, -0.1) is 11.3 Å². The van der Waals surface area contributed by atoms with E-state index in [4.69, 9.17) is 17.7 Å². The van der Waals surface area contributed by atoms with E-state index in [1.165, 1.54) is 0 Å². The minimum Gasteiger partial charge on any atom is -0.208 e. The Hall–Kier alpha value is -7.01. The largest absolute Gasteiger partial charge is 0.208 e. The van der Waals surface area contributed by atoms with Crippen LogP contribution in [-0.4, -0.2) is 15.0 Å². The molecule has 258 valence electrons. The molecule has 10 aromatic rings. The van der Waals surface area contributed by atoms with E-state index >= 15 is 0 Å². The molecule has 0 bridgehead atoms. The second-order valence-corrected chi connectivity index (χ2v) is 14.2. The zero-order chi connectivity index (χ0) is 41.8. The van der Waals surface area contributed by atoms with Gasteiger partial charge in [-0.3, -0.25) is 0 Å². The van der Waals surface area contributed by atoms with Crippen molar-refractivity contribution < 1.29 is 8.22 Å². The highest BCUT2D eigenvalue weighted by molar-refractivity contribution is 7.25. The van der Waals surface area contributed by atoms with Crippen molar-refractivity contribution >= 4 is 31.5 Å². The van der Waals surface area contributed by atoms with Crippen molar-refractivity contribution in [3.05, 3.63) is 200 Å². The first kappa shape index (κ1) is 26.7. The van der Waals surface area contributed by atoms with Gasteiger partial charge in [0.25, 0.3) is 0 Å². The van der Waals surface area contributed by atoms with E-state index in [9.17, 15) is 5.48 Å². The molecule has 0 saturated heterocycles. The smallest absolute Gasteiger partial charge is 0.164 e. The van der Waals surface area contributed by atoms with Gasteiger partial charge in [0, 0.05) is 36.9 Å². The Bertz CT molecular complexity index is 3170. The van der Waals surface area contributed by atoms with Crippen molar-refractivity contribution in [3.8, 4) is 78.7 Å². The fourth-order valence-electron chi connectivity index (χ4n) is 6.74. The highest BCUT2D eigenvalue weighted by atomic mass is 32.1. The molecule has 0 aliphatic heterocycles. The first-order valence-electron chi connectivity index (χ1n) is 20.9. The quantitative estimate of drug-likeness (QED) is 0.164. The van der Waals surface area contributed by atoms with Crippen LogP contribution in [0, 0.1) is 0 Å². The van der Waals surface area contributed by atoms with E-state index in [0.29, 0.717) is 37.7 Å². The molecule has 0 aliphatic carbocycles. The number of rotatable bonds is 7. The number of nitrogens with zero attached hydrogens (tertiary/aromatic N) is 3. The molecule has 0 aliphatic rings. The van der Waals surface area contributed by atoms with Crippen molar-refractivity contribution in [1.29, 1.82) is 0 Å². The van der Waals surface area contributed by atoms with Gasteiger partial charge in [0.1, 0.15) is 0 Å². The average Bonchev–Trinajstić information content (AvgIpc) is 3.73. The number of thiophene rings is 1. The number of benzene rings is 8. The Morgan fingerprint density at radius 1 is 0.291 bits per heavy atom. The fraction of sp³-hybridized carbons (Fsp3) is 0. The Balaban J connectivity index is 1.13. The molecule has 8 aromatic carbocycles. The lowest BCUT2D eigenvalue weighted by Gasteiger charge is -2.10. The van der Waals surface area contributed by atoms with Crippen LogP contribution >= 0.6 is 11.3 Å². The number of aromatic nitrogens is 3. The summed E-state index contributed by atoms with van der Waals surface area (Å²) in [6.07, 6.45) is 0. The van der Waals surface area contributed by atoms with Crippen LogP contribution in [0.2, 0.25) is 0 Å². The molecule has 0 saturated carbocycles. The lowest BCUT2D eigenvalue weighted by molar-refractivity contribution is 1.07. The summed E-state index contributed by atoms with van der Waals surface area (Å²) in [4.78, 5) is 14.7. The maximum atomic E-state index is 9.60. The van der Waals surface area contributed by atoms with E-state index in [0.717, 1.165) is 44.7 Å². The summed E-state index contributed by atoms with van der Waals surface area (Å²) in [6.45, 7) is 0. The molecule has 55 heavy (non-hydrogen) atoms. The first-order valence-corrected chi connectivity index (χ1v) is 18.8. The lowest BCUT2D eigenvalue weighted by Crippen LogP contribution is -2.00. The van der Waals surface area contributed by atoms with Crippen molar-refractivity contribution in [3.63, 3.8) is 0 Å². The van der Waals surface area contributed by atoms with E-state index in [1.54, 1.807) is 0 Å². The molecule has 0 atom stereocenters. The zero-order valence-corrected chi connectivity index (χ0v) is 30.2. The number of hydrogen-bond donors (Lipinski definition) is 0. The van der Waals surface area contributed by atoms with Gasteiger partial charge in [-0.2, -0.15) is 0 Å². The molecule has 4 heteroatoms. The third-order valence-electron chi connectivity index (χ3n) is 9.65. The molecule has 10 rings (SSSR count). The standard InChI is InChI=1S/C51H33N3S/c1-4-10-34(11-5-1)37-16-18-40(19-17-37)43-29-31-47-46(32-43)45-30-28-44(33-48(45)55-47)51-53-49(41-24-20-38(21-25-41)35-12-6-2-7-13-35)52-50(54-51)42-26-22-39(23-27-42)36-14-8-3-9-15-36/h1-33H/i28D,29D,30D,31D,32D,33D. The van der Waals surface area contributed by atoms with Gasteiger partial charge >= 0.3 is 0 Å². The van der Waals surface area contributed by atoms with Crippen LogP contribution in [0.1, 0.15) is 8.22 Å². The van der Waals surface area contributed by atoms with E-state index in [-0.39, 0.29) is 64.0 Å². The average molecular weight is 726 g/mol. The minimum absolute atomic E-state index is 0.0163. The maximum Gasteiger partial charge on any atom is 0.164 e. The van der Waals surface area contributed by atoms with Crippen LogP contribution in [0.3, 0.4) is 0 Å². The van der Waals surface area contributed by atoms with Gasteiger partial charge in [-0.1, -0.05) is 182 Å². The van der Waals surface area contributed by atoms with Crippen molar-refractivity contribution in [2.45, 2.75) is 0 Å². The van der Waals surface area contributed by atoms with Crippen LogP contribution in [0.25, 0.3) is 98.8 Å².